The Kier molecular flexibility index (Phi) is 13.3. The topological polar surface area (TPSA) is 71.2 Å². The lowest BCUT2D eigenvalue weighted by atomic mass is 9.81. The quantitative estimate of drug-likeness (QED) is 0.250. The Morgan fingerprint density at radius 3 is 1.10 bits per heavy atom. The highest BCUT2D eigenvalue weighted by molar-refractivity contribution is 5.90. The second kappa shape index (κ2) is 17.8. The van der Waals surface area contributed by atoms with Gasteiger partial charge in [-0.25, -0.2) is 9.59 Å². The second-order valence-corrected chi connectivity index (χ2v) is 15.2. The zero-order valence-electron chi connectivity index (χ0n) is 30.3. The van der Waals surface area contributed by atoms with Crippen LogP contribution in [0.3, 0.4) is 0 Å². The van der Waals surface area contributed by atoms with Crippen LogP contribution in [-0.2, 0) is 0 Å². The van der Waals surface area contributed by atoms with Crippen LogP contribution in [0.4, 0.5) is 32.3 Å². The molecule has 0 aliphatic heterocycles. The highest BCUT2D eigenvalue weighted by Gasteiger charge is 2.33. The average molecular weight is 659 g/mol. The number of hydrogen-bond donors (Lipinski definition) is 2. The number of hydrogen-bond acceptors (Lipinski definition) is 4. The molecular formula is C40H62N6O2. The second-order valence-electron chi connectivity index (χ2n) is 15.2. The molecule has 4 amide bonds. The van der Waals surface area contributed by atoms with Crippen molar-refractivity contribution in [2.24, 2.45) is 11.8 Å². The Morgan fingerprint density at radius 1 is 0.500 bits per heavy atom. The first-order valence-electron chi connectivity index (χ1n) is 19.0. The van der Waals surface area contributed by atoms with Crippen LogP contribution in [0.15, 0.2) is 48.5 Å². The summed E-state index contributed by atoms with van der Waals surface area (Å²) < 4.78 is 0. The minimum absolute atomic E-state index is 0.0523. The standard InChI is InChI=1S/C40H62N6O2/c1-43(2)35-25-21-33(22-26-35)41-39(47)45(37-13-9-5-6-10-14-37)29-31-17-19-32(20-18-31)30-46(38-15-11-7-8-12-16-38)40(48)42-34-23-27-36(28-24-34)44(3)4/h21-28,31-32,37-38H,5-20,29-30H2,1-4H3,(H,41,47)(H,42,48). The van der Waals surface area contributed by atoms with E-state index in [-0.39, 0.29) is 12.1 Å². The molecule has 2 aromatic carbocycles. The number of nitrogens with zero attached hydrogens (tertiary/aromatic N) is 4. The number of anilines is 4. The van der Waals surface area contributed by atoms with Crippen molar-refractivity contribution in [2.75, 3.05) is 61.7 Å². The molecule has 8 nitrogen and oxygen atoms in total. The third-order valence-electron chi connectivity index (χ3n) is 11.2. The first-order valence-corrected chi connectivity index (χ1v) is 19.0. The summed E-state index contributed by atoms with van der Waals surface area (Å²) in [7, 11) is 8.13. The molecule has 8 heteroatoms. The zero-order valence-corrected chi connectivity index (χ0v) is 30.3. The number of amides is 4. The van der Waals surface area contributed by atoms with Gasteiger partial charge in [-0.1, -0.05) is 51.4 Å². The summed E-state index contributed by atoms with van der Waals surface area (Å²) in [4.78, 5) is 36.3. The van der Waals surface area contributed by atoms with Gasteiger partial charge >= 0.3 is 12.1 Å². The van der Waals surface area contributed by atoms with Crippen LogP contribution in [0.5, 0.6) is 0 Å². The maximum Gasteiger partial charge on any atom is 0.322 e. The van der Waals surface area contributed by atoms with Crippen molar-refractivity contribution in [1.82, 2.24) is 9.80 Å². The van der Waals surface area contributed by atoms with Crippen molar-refractivity contribution in [2.45, 2.75) is 115 Å². The summed E-state index contributed by atoms with van der Waals surface area (Å²) in [6.45, 7) is 1.66. The normalized spacial score (nSPS) is 21.0. The van der Waals surface area contributed by atoms with E-state index in [2.05, 4.69) is 54.5 Å². The molecule has 3 saturated carbocycles. The van der Waals surface area contributed by atoms with Crippen LogP contribution >= 0.6 is 0 Å². The van der Waals surface area contributed by atoms with Crippen LogP contribution in [0.25, 0.3) is 0 Å². The zero-order chi connectivity index (χ0) is 33.9. The lowest BCUT2D eigenvalue weighted by Gasteiger charge is -2.39. The van der Waals surface area contributed by atoms with Gasteiger partial charge in [0.15, 0.2) is 0 Å². The van der Waals surface area contributed by atoms with Gasteiger partial charge in [0.05, 0.1) is 0 Å². The molecule has 0 unspecified atom stereocenters. The minimum atomic E-state index is 0.0523. The number of carbonyl (C=O) groups excluding carboxylic acids is 2. The lowest BCUT2D eigenvalue weighted by Crippen LogP contribution is -2.47. The first kappa shape index (κ1) is 35.9. The number of nitrogens with one attached hydrogen (secondary N) is 2. The van der Waals surface area contributed by atoms with Gasteiger partial charge in [-0.3, -0.25) is 0 Å². The van der Waals surface area contributed by atoms with E-state index in [9.17, 15) is 9.59 Å². The fraction of sp³-hybridized carbons (Fsp3) is 0.650. The summed E-state index contributed by atoms with van der Waals surface area (Å²) in [5, 5.41) is 6.50. The first-order chi connectivity index (χ1) is 23.3. The van der Waals surface area contributed by atoms with Crippen molar-refractivity contribution < 1.29 is 9.59 Å². The molecular weight excluding hydrogens is 596 g/mol. The monoisotopic (exact) mass is 658 g/mol. The van der Waals surface area contributed by atoms with Crippen molar-refractivity contribution in [3.8, 4) is 0 Å². The number of urea groups is 2. The van der Waals surface area contributed by atoms with Crippen molar-refractivity contribution in [3.63, 3.8) is 0 Å². The Hall–Kier alpha value is -3.42. The van der Waals surface area contributed by atoms with Gasteiger partial charge in [-0.15, -0.1) is 0 Å². The SMILES string of the molecule is CN(C)c1ccc(NC(=O)N(CC2CCC(CN(C(=O)Nc3ccc(N(C)C)cc3)C3CCCCCC3)CC2)C2CCCCCC2)cc1. The Labute approximate surface area is 290 Å². The average Bonchev–Trinajstić information content (AvgIpc) is 3.53. The molecule has 48 heavy (non-hydrogen) atoms. The highest BCUT2D eigenvalue weighted by Crippen LogP contribution is 2.34. The molecule has 0 radical (unpaired) electrons. The summed E-state index contributed by atoms with van der Waals surface area (Å²) >= 11 is 0. The van der Waals surface area contributed by atoms with Crippen molar-refractivity contribution >= 4 is 34.8 Å². The van der Waals surface area contributed by atoms with Gasteiger partial charge in [0.2, 0.25) is 0 Å². The summed E-state index contributed by atoms with van der Waals surface area (Å²) in [6.07, 6.45) is 18.8. The predicted octanol–water partition coefficient (Wildman–Crippen LogP) is 9.44. The molecule has 3 aliphatic carbocycles. The molecule has 2 N–H and O–H groups in total. The van der Waals surface area contributed by atoms with E-state index >= 15 is 0 Å². The van der Waals surface area contributed by atoms with E-state index in [1.807, 2.05) is 52.5 Å². The van der Waals surface area contributed by atoms with E-state index in [1.54, 1.807) is 0 Å². The fourth-order valence-corrected chi connectivity index (χ4v) is 8.16. The molecule has 0 heterocycles. The predicted molar refractivity (Wildman–Crippen MR) is 201 cm³/mol. The van der Waals surface area contributed by atoms with Gasteiger partial charge in [0.25, 0.3) is 0 Å². The van der Waals surface area contributed by atoms with Crippen LogP contribution in [0, 0.1) is 11.8 Å². The molecule has 0 aromatic heterocycles. The lowest BCUT2D eigenvalue weighted by molar-refractivity contribution is 0.126. The van der Waals surface area contributed by atoms with Crippen LogP contribution in [0.2, 0.25) is 0 Å². The molecule has 0 bridgehead atoms. The molecule has 3 aliphatic rings. The van der Waals surface area contributed by atoms with Gasteiger partial charge in [0.1, 0.15) is 0 Å². The molecule has 3 fully saturated rings. The molecule has 0 spiro atoms. The number of benzene rings is 2. The molecule has 2 aromatic rings. The summed E-state index contributed by atoms with van der Waals surface area (Å²) in [5.41, 5.74) is 3.97. The fourth-order valence-electron chi connectivity index (χ4n) is 8.16. The van der Waals surface area contributed by atoms with Crippen molar-refractivity contribution in [3.05, 3.63) is 48.5 Å². The van der Waals surface area contributed by atoms with Gasteiger partial charge in [-0.2, -0.15) is 0 Å². The van der Waals surface area contributed by atoms with E-state index < -0.39 is 0 Å². The largest absolute Gasteiger partial charge is 0.378 e. The van der Waals surface area contributed by atoms with E-state index in [4.69, 9.17) is 0 Å². The Morgan fingerprint density at radius 2 is 0.812 bits per heavy atom. The molecule has 0 atom stereocenters. The van der Waals surface area contributed by atoms with Crippen LogP contribution in [-0.4, -0.2) is 75.2 Å². The van der Waals surface area contributed by atoms with Gasteiger partial charge < -0.3 is 30.2 Å². The van der Waals surface area contributed by atoms with E-state index in [0.29, 0.717) is 23.9 Å². The third kappa shape index (κ3) is 10.3. The molecule has 0 saturated heterocycles. The van der Waals surface area contributed by atoms with E-state index in [1.165, 1.54) is 51.4 Å². The molecule has 264 valence electrons. The van der Waals surface area contributed by atoms with E-state index in [0.717, 1.165) is 87.2 Å². The number of carbonyl (C=O) groups is 2. The smallest absolute Gasteiger partial charge is 0.322 e. The summed E-state index contributed by atoms with van der Waals surface area (Å²) in [6, 6.07) is 17.0. The maximum absolute atomic E-state index is 13.9. The maximum atomic E-state index is 13.9. The Bertz CT molecular complexity index is 1160. The van der Waals surface area contributed by atoms with Gasteiger partial charge in [0, 0.05) is 76.1 Å². The van der Waals surface area contributed by atoms with Crippen LogP contribution < -0.4 is 20.4 Å². The van der Waals surface area contributed by atoms with Crippen LogP contribution in [0.1, 0.15) is 103 Å². The third-order valence-corrected chi connectivity index (χ3v) is 11.2. The van der Waals surface area contributed by atoms with Gasteiger partial charge in [-0.05, 0) is 112 Å². The minimum Gasteiger partial charge on any atom is -0.378 e. The Balaban J connectivity index is 1.21. The highest BCUT2D eigenvalue weighted by atomic mass is 16.2. The summed E-state index contributed by atoms with van der Waals surface area (Å²) in [5.74, 6) is 1.00. The van der Waals surface area contributed by atoms with Crippen molar-refractivity contribution in [1.29, 1.82) is 0 Å². The number of rotatable bonds is 10. The molecule has 5 rings (SSSR count).